The van der Waals surface area contributed by atoms with Crippen LogP contribution in [0.5, 0.6) is 0 Å². The van der Waals surface area contributed by atoms with Gasteiger partial charge in [-0.2, -0.15) is 0 Å². The Bertz CT molecular complexity index is 857. The van der Waals surface area contributed by atoms with Crippen LogP contribution in [0, 0.1) is 17.8 Å². The summed E-state index contributed by atoms with van der Waals surface area (Å²) in [5.74, 6) is -8.86. The van der Waals surface area contributed by atoms with Crippen molar-refractivity contribution in [2.24, 2.45) is 17.8 Å². The van der Waals surface area contributed by atoms with Gasteiger partial charge in [-0.25, -0.2) is 0 Å². The number of rotatable bonds is 36. The van der Waals surface area contributed by atoms with Crippen molar-refractivity contribution in [3.8, 4) is 0 Å². The summed E-state index contributed by atoms with van der Waals surface area (Å²) < 4.78 is 33.0. The van der Waals surface area contributed by atoms with Gasteiger partial charge in [0.05, 0.1) is 35.7 Å². The first-order chi connectivity index (χ1) is 27.1. The molecule has 0 saturated heterocycles. The average Bonchev–Trinajstić information content (AvgIpc) is 3.14. The minimum atomic E-state index is -1.37. The van der Waals surface area contributed by atoms with E-state index >= 15 is 0 Å². The minimum Gasteiger partial charge on any atom is -0.549 e. The molecule has 58 heavy (non-hydrogen) atoms. The Hall–Kier alpha value is -1.72. The molecule has 0 aliphatic carbocycles. The van der Waals surface area contributed by atoms with E-state index in [4.69, 9.17) is 28.4 Å². The summed E-state index contributed by atoms with van der Waals surface area (Å²) in [5, 5.41) is 32.7. The molecule has 0 aromatic heterocycles. The van der Waals surface area contributed by atoms with Gasteiger partial charge < -0.3 is 58.1 Å². The van der Waals surface area contributed by atoms with E-state index in [1.54, 1.807) is 0 Å². The smallest absolute Gasteiger partial charge is 0.549 e. The van der Waals surface area contributed by atoms with Crippen molar-refractivity contribution in [1.29, 1.82) is 0 Å². The van der Waals surface area contributed by atoms with E-state index in [0.717, 1.165) is 77.0 Å². The molecule has 0 fully saturated rings. The molecule has 0 rings (SSSR count). The van der Waals surface area contributed by atoms with Crippen LogP contribution < -0.4 is 15.3 Å². The molecule has 0 aromatic carbocycles. The van der Waals surface area contributed by atoms with E-state index in [9.17, 15) is 44.1 Å². The van der Waals surface area contributed by atoms with E-state index in [-0.39, 0.29) is 52.0 Å². The largest absolute Gasteiger partial charge is 3.00 e. The Morgan fingerprint density at radius 2 is 0.517 bits per heavy atom. The van der Waals surface area contributed by atoms with Gasteiger partial charge in [0.25, 0.3) is 0 Å². The molecule has 0 spiro atoms. The molecule has 0 aliphatic heterocycles. The minimum absolute atomic E-state index is 0. The van der Waals surface area contributed by atoms with Crippen molar-refractivity contribution >= 4 is 35.3 Å². The number of ether oxygens (including phenoxy) is 6. The summed E-state index contributed by atoms with van der Waals surface area (Å²) >= 11 is 0. The summed E-state index contributed by atoms with van der Waals surface area (Å²) in [6.07, 6.45) is 9.29. The van der Waals surface area contributed by atoms with Crippen LogP contribution in [0.25, 0.3) is 0 Å². The van der Waals surface area contributed by atoms with Gasteiger partial charge in [-0.3, -0.25) is 14.4 Å². The van der Waals surface area contributed by atoms with Gasteiger partial charge in [0.1, 0.15) is 17.3 Å². The molecular weight excluding hydrogens is 833 g/mol. The van der Waals surface area contributed by atoms with Gasteiger partial charge in [0.2, 0.25) is 0 Å². The zero-order chi connectivity index (χ0) is 44.0. The van der Waals surface area contributed by atoms with Crippen LogP contribution in [0.2, 0.25) is 0 Å². The van der Waals surface area contributed by atoms with Crippen molar-refractivity contribution in [1.82, 2.24) is 0 Å². The molecule has 0 aromatic rings. The van der Waals surface area contributed by atoms with Crippen molar-refractivity contribution < 1.29 is 105 Å². The molecule has 0 radical (unpaired) electrons. The number of unbranched alkanes of at least 4 members (excludes halogenated alkanes) is 6. The number of carbonyl (C=O) groups excluding carboxylic acids is 6. The predicted molar refractivity (Wildman–Crippen MR) is 208 cm³/mol. The SMILES string of the molecule is CCCCOC(CC(C(C)=O)C(=O)[O-])OCCCC.CCCCOC(CC(C(C)=O)C(=O)[O-])OCCCC.CCCCOC(CC(C(C)=O)C(=O)[O-])OCCCC.[Y+3]. The van der Waals surface area contributed by atoms with Gasteiger partial charge in [-0.15, -0.1) is 0 Å². The molecule has 0 N–H and O–H groups in total. The molecule has 0 amide bonds. The molecular formula is C42H75O15Y. The Kier molecular flexibility index (Phi) is 47.1. The van der Waals surface area contributed by atoms with Crippen LogP contribution in [0.1, 0.15) is 159 Å². The van der Waals surface area contributed by atoms with Crippen molar-refractivity contribution in [2.75, 3.05) is 39.6 Å². The number of ketones is 3. The summed E-state index contributed by atoms with van der Waals surface area (Å²) in [6.45, 7) is 19.0. The van der Waals surface area contributed by atoms with Crippen LogP contribution in [0.15, 0.2) is 0 Å². The topological polar surface area (TPSA) is 227 Å². The maximum Gasteiger partial charge on any atom is 3.00 e. The zero-order valence-corrected chi connectivity index (χ0v) is 39.9. The Labute approximate surface area is 373 Å². The van der Waals surface area contributed by atoms with Crippen LogP contribution in [0.4, 0.5) is 0 Å². The molecule has 0 heterocycles. The maximum absolute atomic E-state index is 11.2. The fraction of sp³-hybridized carbons (Fsp3) is 0.857. The third-order valence-corrected chi connectivity index (χ3v) is 8.42. The number of carbonyl (C=O) groups is 6. The van der Waals surface area contributed by atoms with Gasteiger partial charge in [-0.05, 0) is 59.3 Å². The summed E-state index contributed by atoms with van der Waals surface area (Å²) in [4.78, 5) is 66.4. The first-order valence-corrected chi connectivity index (χ1v) is 20.9. The molecule has 0 aliphatic rings. The Morgan fingerprint density at radius 3 is 0.621 bits per heavy atom. The molecule has 3 atom stereocenters. The van der Waals surface area contributed by atoms with E-state index in [1.807, 2.05) is 41.5 Å². The summed E-state index contributed by atoms with van der Waals surface area (Å²) in [5.41, 5.74) is 0. The monoisotopic (exact) mass is 908 g/mol. The van der Waals surface area contributed by atoms with Crippen LogP contribution >= 0.6 is 0 Å². The number of carboxylic acid groups (broad SMARTS) is 3. The second-order valence-electron chi connectivity index (χ2n) is 13.8. The van der Waals surface area contributed by atoms with Crippen molar-refractivity contribution in [2.45, 2.75) is 177 Å². The second kappa shape index (κ2) is 43.4. The zero-order valence-electron chi connectivity index (χ0n) is 37.0. The predicted octanol–water partition coefficient (Wildman–Crippen LogP) is 3.87. The number of hydrogen-bond acceptors (Lipinski definition) is 15. The molecule has 16 heteroatoms. The number of hydrogen-bond donors (Lipinski definition) is 0. The Balaban J connectivity index is -0.000000374. The fourth-order valence-electron chi connectivity index (χ4n) is 4.57. The quantitative estimate of drug-likeness (QED) is 0.0494. The number of carboxylic acids is 3. The summed E-state index contributed by atoms with van der Waals surface area (Å²) in [7, 11) is 0. The first-order valence-electron chi connectivity index (χ1n) is 20.9. The maximum atomic E-state index is 11.2. The average molecular weight is 909 g/mol. The van der Waals surface area contributed by atoms with Crippen LogP contribution in [-0.2, 0) is 89.9 Å². The van der Waals surface area contributed by atoms with Crippen molar-refractivity contribution in [3.05, 3.63) is 0 Å². The van der Waals surface area contributed by atoms with E-state index in [1.165, 1.54) is 20.8 Å². The molecule has 0 bridgehead atoms. The normalized spacial score (nSPS) is 12.4. The molecule has 0 saturated carbocycles. The third-order valence-electron chi connectivity index (χ3n) is 8.42. The van der Waals surface area contributed by atoms with E-state index in [0.29, 0.717) is 39.6 Å². The van der Waals surface area contributed by atoms with E-state index in [2.05, 4.69) is 0 Å². The van der Waals surface area contributed by atoms with Gasteiger partial charge >= 0.3 is 32.7 Å². The Morgan fingerprint density at radius 1 is 0.362 bits per heavy atom. The fourth-order valence-corrected chi connectivity index (χ4v) is 4.57. The standard InChI is InChI=1S/3C14H26O5.Y/c3*1-4-6-8-18-13(19-9-7-5-2)10-12(11(3)15)14(16)17;/h3*12-13H,4-10H2,1-3H3,(H,16,17);/q;;;+3/p-3. The third kappa shape index (κ3) is 37.3. The van der Waals surface area contributed by atoms with E-state index < -0.39 is 71.9 Å². The molecule has 3 unspecified atom stereocenters. The van der Waals surface area contributed by atoms with Crippen LogP contribution in [0.3, 0.4) is 0 Å². The van der Waals surface area contributed by atoms with Crippen LogP contribution in [-0.4, -0.2) is 93.8 Å². The summed E-state index contributed by atoms with van der Waals surface area (Å²) in [6, 6.07) is 0. The number of aliphatic carboxylic acids is 3. The number of Topliss-reactive ketones (excluding diaryl/α,β-unsaturated/α-hetero) is 3. The first kappa shape index (κ1) is 62.9. The second-order valence-corrected chi connectivity index (χ2v) is 13.8. The van der Waals surface area contributed by atoms with Gasteiger partial charge in [0, 0.05) is 58.9 Å². The van der Waals surface area contributed by atoms with Gasteiger partial charge in [0.15, 0.2) is 18.9 Å². The van der Waals surface area contributed by atoms with Crippen molar-refractivity contribution in [3.63, 3.8) is 0 Å². The molecule has 336 valence electrons. The van der Waals surface area contributed by atoms with Gasteiger partial charge in [-0.1, -0.05) is 80.1 Å². The molecule has 15 nitrogen and oxygen atoms in total.